The first-order chi connectivity index (χ1) is 7.49. The summed E-state index contributed by atoms with van der Waals surface area (Å²) < 4.78 is 0. The third-order valence-electron chi connectivity index (χ3n) is 1.87. The molecule has 1 aromatic heterocycles. The van der Waals surface area contributed by atoms with Gasteiger partial charge in [-0.2, -0.15) is 0 Å². The number of carbonyl (C=O) groups is 2. The minimum absolute atomic E-state index is 0.310. The molecule has 7 heteroatoms. The fraction of sp³-hybridized carbons (Fsp3) is 0.444. The molecule has 0 aliphatic heterocycles. The molecule has 2 amide bonds. The van der Waals surface area contributed by atoms with Gasteiger partial charge in [0.15, 0.2) is 0 Å². The number of aromatic nitrogens is 1. The first kappa shape index (κ1) is 12.4. The number of aryl methyl sites for hydroxylation is 2. The van der Waals surface area contributed by atoms with Gasteiger partial charge < -0.3 is 15.7 Å². The molecule has 0 aromatic carbocycles. The Bertz CT molecular complexity index is 383. The molecule has 88 valence electrons. The van der Waals surface area contributed by atoms with Crippen LogP contribution >= 0.6 is 11.3 Å². The standard InChI is InChI=1S/C9H13N3O3S/c1-5-6(2)16-7(12-5)3-10-9(15)11-4-8(13)14/h3-4H2,1-2H3,(H,13,14)(H2,10,11,15). The van der Waals surface area contributed by atoms with Gasteiger partial charge in [0.05, 0.1) is 12.2 Å². The van der Waals surface area contributed by atoms with Gasteiger partial charge >= 0.3 is 12.0 Å². The van der Waals surface area contributed by atoms with E-state index >= 15 is 0 Å². The van der Waals surface area contributed by atoms with Crippen LogP contribution in [-0.2, 0) is 11.3 Å². The Balaban J connectivity index is 2.34. The lowest BCUT2D eigenvalue weighted by atomic mass is 10.4. The summed E-state index contributed by atoms with van der Waals surface area (Å²) in [5, 5.41) is 13.9. The molecule has 0 saturated carbocycles. The van der Waals surface area contributed by atoms with Gasteiger partial charge in [0.1, 0.15) is 11.6 Å². The number of carbonyl (C=O) groups excluding carboxylic acids is 1. The zero-order chi connectivity index (χ0) is 12.1. The average molecular weight is 243 g/mol. The summed E-state index contributed by atoms with van der Waals surface area (Å²) in [5.74, 6) is -1.07. The third kappa shape index (κ3) is 3.85. The summed E-state index contributed by atoms with van der Waals surface area (Å²) >= 11 is 1.51. The summed E-state index contributed by atoms with van der Waals surface area (Å²) in [6.45, 7) is 3.79. The van der Waals surface area contributed by atoms with Crippen LogP contribution in [0.4, 0.5) is 4.79 Å². The second kappa shape index (κ2) is 5.45. The van der Waals surface area contributed by atoms with Crippen LogP contribution in [0.2, 0.25) is 0 Å². The van der Waals surface area contributed by atoms with E-state index in [1.165, 1.54) is 11.3 Å². The fourth-order valence-electron chi connectivity index (χ4n) is 0.989. The van der Waals surface area contributed by atoms with Crippen LogP contribution < -0.4 is 10.6 Å². The van der Waals surface area contributed by atoms with Crippen LogP contribution in [0.1, 0.15) is 15.6 Å². The maximum Gasteiger partial charge on any atom is 0.323 e. The normalized spacial score (nSPS) is 9.88. The lowest BCUT2D eigenvalue weighted by Crippen LogP contribution is -2.37. The van der Waals surface area contributed by atoms with E-state index in [0.717, 1.165) is 15.6 Å². The highest BCUT2D eigenvalue weighted by atomic mass is 32.1. The maximum absolute atomic E-state index is 11.1. The van der Waals surface area contributed by atoms with Crippen molar-refractivity contribution in [3.8, 4) is 0 Å². The minimum Gasteiger partial charge on any atom is -0.480 e. The SMILES string of the molecule is Cc1nc(CNC(=O)NCC(=O)O)sc1C. The van der Waals surface area contributed by atoms with Crippen molar-refractivity contribution in [1.29, 1.82) is 0 Å². The van der Waals surface area contributed by atoms with Crippen molar-refractivity contribution in [2.75, 3.05) is 6.54 Å². The topological polar surface area (TPSA) is 91.3 Å². The summed E-state index contributed by atoms with van der Waals surface area (Å²) in [6.07, 6.45) is 0. The first-order valence-electron chi connectivity index (χ1n) is 4.65. The van der Waals surface area contributed by atoms with Crippen molar-refractivity contribution >= 4 is 23.3 Å². The predicted molar refractivity (Wildman–Crippen MR) is 59.5 cm³/mol. The van der Waals surface area contributed by atoms with E-state index in [0.29, 0.717) is 6.54 Å². The van der Waals surface area contributed by atoms with Gasteiger partial charge in [-0.3, -0.25) is 4.79 Å². The number of rotatable bonds is 4. The highest BCUT2D eigenvalue weighted by Gasteiger charge is 2.06. The highest BCUT2D eigenvalue weighted by molar-refractivity contribution is 7.11. The van der Waals surface area contributed by atoms with Crippen LogP contribution in [0.15, 0.2) is 0 Å². The zero-order valence-corrected chi connectivity index (χ0v) is 9.85. The molecule has 0 aliphatic rings. The summed E-state index contributed by atoms with van der Waals surface area (Å²) in [6, 6.07) is -0.507. The Hall–Kier alpha value is -1.63. The second-order valence-electron chi connectivity index (χ2n) is 3.18. The van der Waals surface area contributed by atoms with E-state index in [9.17, 15) is 9.59 Å². The minimum atomic E-state index is -1.07. The lowest BCUT2D eigenvalue weighted by molar-refractivity contribution is -0.135. The van der Waals surface area contributed by atoms with E-state index in [1.54, 1.807) is 0 Å². The number of thiazole rings is 1. The zero-order valence-electron chi connectivity index (χ0n) is 9.03. The third-order valence-corrected chi connectivity index (χ3v) is 2.95. The van der Waals surface area contributed by atoms with Gasteiger partial charge in [0, 0.05) is 4.88 Å². The lowest BCUT2D eigenvalue weighted by Gasteiger charge is -2.03. The molecule has 0 fully saturated rings. The molecule has 1 rings (SSSR count). The molecule has 1 aromatic rings. The van der Waals surface area contributed by atoms with Crippen LogP contribution in [-0.4, -0.2) is 28.6 Å². The number of nitrogens with one attached hydrogen (secondary N) is 2. The van der Waals surface area contributed by atoms with Crippen molar-refractivity contribution < 1.29 is 14.7 Å². The molecule has 0 atom stereocenters. The first-order valence-corrected chi connectivity index (χ1v) is 5.47. The summed E-state index contributed by atoms with van der Waals surface area (Å²) in [4.78, 5) is 26.6. The molecule has 1 heterocycles. The van der Waals surface area contributed by atoms with E-state index in [4.69, 9.17) is 5.11 Å². The average Bonchev–Trinajstić information content (AvgIpc) is 2.52. The van der Waals surface area contributed by atoms with Gasteiger partial charge in [-0.15, -0.1) is 11.3 Å². The summed E-state index contributed by atoms with van der Waals surface area (Å²) in [5.41, 5.74) is 0.952. The van der Waals surface area contributed by atoms with Crippen LogP contribution in [0.25, 0.3) is 0 Å². The second-order valence-corrected chi connectivity index (χ2v) is 4.47. The highest BCUT2D eigenvalue weighted by Crippen LogP contribution is 2.15. The van der Waals surface area contributed by atoms with Crippen LogP contribution in [0, 0.1) is 13.8 Å². The van der Waals surface area contributed by atoms with E-state index < -0.39 is 12.0 Å². The largest absolute Gasteiger partial charge is 0.480 e. The number of carboxylic acid groups (broad SMARTS) is 1. The molecule has 0 saturated heterocycles. The molecular weight excluding hydrogens is 230 g/mol. The van der Waals surface area contributed by atoms with Gasteiger partial charge in [-0.25, -0.2) is 9.78 Å². The molecule has 0 aliphatic carbocycles. The number of amides is 2. The summed E-state index contributed by atoms with van der Waals surface area (Å²) in [7, 11) is 0. The van der Waals surface area contributed by atoms with Crippen LogP contribution in [0.5, 0.6) is 0 Å². The Morgan fingerprint density at radius 3 is 2.56 bits per heavy atom. The van der Waals surface area contributed by atoms with Crippen LogP contribution in [0.3, 0.4) is 0 Å². The molecule has 0 radical (unpaired) electrons. The van der Waals surface area contributed by atoms with Crippen molar-refractivity contribution in [2.45, 2.75) is 20.4 Å². The molecule has 16 heavy (non-hydrogen) atoms. The number of carboxylic acids is 1. The van der Waals surface area contributed by atoms with Crippen molar-refractivity contribution in [3.63, 3.8) is 0 Å². The van der Waals surface area contributed by atoms with Crippen molar-refractivity contribution in [1.82, 2.24) is 15.6 Å². The molecule has 0 bridgehead atoms. The quantitative estimate of drug-likeness (QED) is 0.723. The Morgan fingerprint density at radius 2 is 2.06 bits per heavy atom. The number of urea groups is 1. The van der Waals surface area contributed by atoms with E-state index in [-0.39, 0.29) is 6.54 Å². The Labute approximate surface area is 96.7 Å². The molecule has 0 spiro atoms. The van der Waals surface area contributed by atoms with E-state index in [2.05, 4.69) is 15.6 Å². The number of hydrogen-bond donors (Lipinski definition) is 3. The van der Waals surface area contributed by atoms with Crippen molar-refractivity contribution in [3.05, 3.63) is 15.6 Å². The Morgan fingerprint density at radius 1 is 1.38 bits per heavy atom. The fourth-order valence-corrected chi connectivity index (χ4v) is 1.86. The monoisotopic (exact) mass is 243 g/mol. The predicted octanol–water partition coefficient (Wildman–Crippen LogP) is 0.644. The van der Waals surface area contributed by atoms with Gasteiger partial charge in [-0.1, -0.05) is 0 Å². The molecular formula is C9H13N3O3S. The van der Waals surface area contributed by atoms with Gasteiger partial charge in [-0.05, 0) is 13.8 Å². The van der Waals surface area contributed by atoms with Gasteiger partial charge in [0.2, 0.25) is 0 Å². The van der Waals surface area contributed by atoms with Crippen molar-refractivity contribution in [2.24, 2.45) is 0 Å². The molecule has 0 unspecified atom stereocenters. The maximum atomic E-state index is 11.1. The number of nitrogens with zero attached hydrogens (tertiary/aromatic N) is 1. The molecule has 6 nitrogen and oxygen atoms in total. The van der Waals surface area contributed by atoms with Gasteiger partial charge in [0.25, 0.3) is 0 Å². The molecule has 3 N–H and O–H groups in total. The Kier molecular flexibility index (Phi) is 4.24. The number of hydrogen-bond acceptors (Lipinski definition) is 4. The number of aliphatic carboxylic acids is 1. The van der Waals surface area contributed by atoms with E-state index in [1.807, 2.05) is 13.8 Å². The smallest absolute Gasteiger partial charge is 0.323 e.